The zero-order valence-electron chi connectivity index (χ0n) is 12.4. The maximum absolute atomic E-state index is 11.8. The van der Waals surface area contributed by atoms with E-state index in [0.717, 1.165) is 16.9 Å². The predicted octanol–water partition coefficient (Wildman–Crippen LogP) is 2.38. The largest absolute Gasteiger partial charge is 0.506 e. The monoisotopic (exact) mass is 285 g/mol. The Morgan fingerprint density at radius 3 is 2.71 bits per heavy atom. The Morgan fingerprint density at radius 2 is 2.00 bits per heavy atom. The first-order chi connectivity index (χ1) is 10.0. The molecule has 2 rings (SSSR count). The average molecular weight is 285 g/mol. The van der Waals surface area contributed by atoms with Crippen LogP contribution in [0, 0.1) is 13.8 Å². The molecule has 0 atom stereocenters. The second kappa shape index (κ2) is 6.26. The maximum Gasteiger partial charge on any atom is 0.251 e. The minimum atomic E-state index is -0.118. The molecule has 21 heavy (non-hydrogen) atoms. The van der Waals surface area contributed by atoms with Gasteiger partial charge in [0.1, 0.15) is 11.4 Å². The molecular weight excluding hydrogens is 266 g/mol. The summed E-state index contributed by atoms with van der Waals surface area (Å²) in [6.45, 7) is 4.16. The van der Waals surface area contributed by atoms with Crippen molar-refractivity contribution in [1.29, 1.82) is 0 Å². The van der Waals surface area contributed by atoms with Crippen molar-refractivity contribution in [3.8, 4) is 5.75 Å². The van der Waals surface area contributed by atoms with Gasteiger partial charge in [-0.3, -0.25) is 9.78 Å². The number of carbonyl (C=O) groups is 1. The van der Waals surface area contributed by atoms with E-state index in [-0.39, 0.29) is 11.7 Å². The smallest absolute Gasteiger partial charge is 0.251 e. The Kier molecular flexibility index (Phi) is 4.42. The zero-order valence-corrected chi connectivity index (χ0v) is 12.4. The van der Waals surface area contributed by atoms with Crippen molar-refractivity contribution < 1.29 is 9.90 Å². The van der Waals surface area contributed by atoms with Gasteiger partial charge < -0.3 is 15.7 Å². The highest BCUT2D eigenvalue weighted by molar-refractivity contribution is 5.96. The van der Waals surface area contributed by atoms with Crippen molar-refractivity contribution >= 4 is 11.6 Å². The van der Waals surface area contributed by atoms with Gasteiger partial charge >= 0.3 is 0 Å². The Labute approximate surface area is 124 Å². The average Bonchev–Trinajstić information content (AvgIpc) is 2.48. The van der Waals surface area contributed by atoms with Gasteiger partial charge in [0.25, 0.3) is 5.91 Å². The molecule has 0 aliphatic carbocycles. The molecule has 0 saturated carbocycles. The lowest BCUT2D eigenvalue weighted by Crippen LogP contribution is -2.19. The number of hydrogen-bond donors (Lipinski definition) is 3. The molecule has 0 spiro atoms. The second-order valence-electron chi connectivity index (χ2n) is 4.83. The van der Waals surface area contributed by atoms with E-state index in [4.69, 9.17) is 0 Å². The first-order valence-corrected chi connectivity index (χ1v) is 6.74. The summed E-state index contributed by atoms with van der Waals surface area (Å²) in [5.41, 5.74) is 3.77. The molecule has 0 bridgehead atoms. The van der Waals surface area contributed by atoms with Crippen molar-refractivity contribution in [2.45, 2.75) is 20.4 Å². The molecule has 3 N–H and O–H groups in total. The third-order valence-corrected chi connectivity index (χ3v) is 3.34. The Balaban J connectivity index is 2.21. The van der Waals surface area contributed by atoms with E-state index in [1.54, 1.807) is 25.2 Å². The van der Waals surface area contributed by atoms with Crippen LogP contribution in [0.2, 0.25) is 0 Å². The Hall–Kier alpha value is -2.56. The molecule has 1 heterocycles. The fraction of sp³-hybridized carbons (Fsp3) is 0.250. The number of aromatic nitrogens is 1. The van der Waals surface area contributed by atoms with Crippen molar-refractivity contribution in [3.05, 3.63) is 52.8 Å². The van der Waals surface area contributed by atoms with Gasteiger partial charge in [0.05, 0.1) is 6.54 Å². The normalized spacial score (nSPS) is 10.2. The number of benzene rings is 1. The Bertz CT molecular complexity index is 669. The van der Waals surface area contributed by atoms with Crippen molar-refractivity contribution in [1.82, 2.24) is 10.3 Å². The molecule has 2 aromatic rings. The number of aromatic hydroxyl groups is 1. The first kappa shape index (κ1) is 14.8. The first-order valence-electron chi connectivity index (χ1n) is 6.74. The number of rotatable bonds is 4. The fourth-order valence-corrected chi connectivity index (χ4v) is 2.12. The highest BCUT2D eigenvalue weighted by atomic mass is 16.3. The summed E-state index contributed by atoms with van der Waals surface area (Å²) < 4.78 is 0. The van der Waals surface area contributed by atoms with Crippen LogP contribution in [-0.4, -0.2) is 23.0 Å². The van der Waals surface area contributed by atoms with Gasteiger partial charge in [-0.25, -0.2) is 0 Å². The molecule has 1 aromatic heterocycles. The molecule has 0 saturated heterocycles. The van der Waals surface area contributed by atoms with Crippen LogP contribution >= 0.6 is 0 Å². The van der Waals surface area contributed by atoms with Gasteiger partial charge in [-0.2, -0.15) is 0 Å². The minimum absolute atomic E-state index is 0.118. The van der Waals surface area contributed by atoms with Crippen molar-refractivity contribution in [3.63, 3.8) is 0 Å². The van der Waals surface area contributed by atoms with Gasteiger partial charge in [0.15, 0.2) is 0 Å². The number of nitrogens with one attached hydrogen (secondary N) is 2. The molecule has 0 aliphatic heterocycles. The highest BCUT2D eigenvalue weighted by Crippen LogP contribution is 2.21. The SMILES string of the molecule is CNC(=O)c1cccc(NCc2nc(C)ccc2O)c1C. The van der Waals surface area contributed by atoms with E-state index in [2.05, 4.69) is 15.6 Å². The van der Waals surface area contributed by atoms with Gasteiger partial charge in [0, 0.05) is 24.0 Å². The van der Waals surface area contributed by atoms with Crippen LogP contribution in [0.5, 0.6) is 5.75 Å². The molecule has 110 valence electrons. The zero-order chi connectivity index (χ0) is 15.4. The lowest BCUT2D eigenvalue weighted by Gasteiger charge is -2.13. The Morgan fingerprint density at radius 1 is 1.24 bits per heavy atom. The number of aryl methyl sites for hydroxylation is 1. The van der Waals surface area contributed by atoms with Crippen molar-refractivity contribution in [2.75, 3.05) is 12.4 Å². The van der Waals surface area contributed by atoms with Crippen LogP contribution < -0.4 is 10.6 Å². The van der Waals surface area contributed by atoms with Gasteiger partial charge in [-0.05, 0) is 43.7 Å². The molecule has 1 aromatic carbocycles. The lowest BCUT2D eigenvalue weighted by atomic mass is 10.1. The third kappa shape index (κ3) is 3.31. The van der Waals surface area contributed by atoms with Crippen LogP contribution in [-0.2, 0) is 6.54 Å². The number of pyridine rings is 1. The molecule has 5 nitrogen and oxygen atoms in total. The predicted molar refractivity (Wildman–Crippen MR) is 82.5 cm³/mol. The summed E-state index contributed by atoms with van der Waals surface area (Å²) >= 11 is 0. The number of amides is 1. The van der Waals surface area contributed by atoms with Crippen LogP contribution in [0.4, 0.5) is 5.69 Å². The summed E-state index contributed by atoms with van der Waals surface area (Å²) in [4.78, 5) is 16.1. The van der Waals surface area contributed by atoms with E-state index in [0.29, 0.717) is 17.8 Å². The molecule has 0 aliphatic rings. The molecular formula is C16H19N3O2. The molecule has 5 heteroatoms. The maximum atomic E-state index is 11.8. The third-order valence-electron chi connectivity index (χ3n) is 3.34. The van der Waals surface area contributed by atoms with Gasteiger partial charge in [-0.1, -0.05) is 6.07 Å². The van der Waals surface area contributed by atoms with Gasteiger partial charge in [-0.15, -0.1) is 0 Å². The van der Waals surface area contributed by atoms with E-state index < -0.39 is 0 Å². The summed E-state index contributed by atoms with van der Waals surface area (Å²) in [7, 11) is 1.61. The van der Waals surface area contributed by atoms with E-state index in [1.165, 1.54) is 0 Å². The van der Waals surface area contributed by atoms with Gasteiger partial charge in [0.2, 0.25) is 0 Å². The van der Waals surface area contributed by atoms with E-state index >= 15 is 0 Å². The van der Waals surface area contributed by atoms with Crippen LogP contribution in [0.25, 0.3) is 0 Å². The molecule has 0 fully saturated rings. The number of nitrogens with zero attached hydrogens (tertiary/aromatic N) is 1. The van der Waals surface area contributed by atoms with Crippen LogP contribution in [0.15, 0.2) is 30.3 Å². The van der Waals surface area contributed by atoms with Crippen LogP contribution in [0.1, 0.15) is 27.3 Å². The summed E-state index contributed by atoms with van der Waals surface area (Å²) in [6.07, 6.45) is 0. The highest BCUT2D eigenvalue weighted by Gasteiger charge is 2.10. The molecule has 0 radical (unpaired) electrons. The van der Waals surface area contributed by atoms with Crippen molar-refractivity contribution in [2.24, 2.45) is 0 Å². The summed E-state index contributed by atoms with van der Waals surface area (Å²) in [6, 6.07) is 8.89. The summed E-state index contributed by atoms with van der Waals surface area (Å²) in [5.74, 6) is 0.0425. The van der Waals surface area contributed by atoms with E-state index in [9.17, 15) is 9.90 Å². The fourth-order valence-electron chi connectivity index (χ4n) is 2.12. The quantitative estimate of drug-likeness (QED) is 0.806. The number of hydrogen-bond acceptors (Lipinski definition) is 4. The second-order valence-corrected chi connectivity index (χ2v) is 4.83. The molecule has 1 amide bonds. The van der Waals surface area contributed by atoms with Crippen LogP contribution in [0.3, 0.4) is 0 Å². The standard InChI is InChI=1S/C16H19N3O2/c1-10-7-8-15(20)14(19-10)9-18-13-6-4-5-12(11(13)2)16(21)17-3/h4-8,18,20H,9H2,1-3H3,(H,17,21). The number of anilines is 1. The summed E-state index contributed by atoms with van der Waals surface area (Å²) in [5, 5.41) is 15.6. The number of carbonyl (C=O) groups excluding carboxylic acids is 1. The van der Waals surface area contributed by atoms with E-state index in [1.807, 2.05) is 26.0 Å². The topological polar surface area (TPSA) is 74.2 Å². The lowest BCUT2D eigenvalue weighted by molar-refractivity contribution is 0.0962. The minimum Gasteiger partial charge on any atom is -0.506 e. The molecule has 0 unspecified atom stereocenters.